The van der Waals surface area contributed by atoms with Crippen LogP contribution in [0.2, 0.25) is 5.02 Å². The van der Waals surface area contributed by atoms with Crippen molar-refractivity contribution >= 4 is 11.6 Å². The van der Waals surface area contributed by atoms with Gasteiger partial charge in [-0.3, -0.25) is 4.98 Å². The lowest BCUT2D eigenvalue weighted by Gasteiger charge is -2.16. The summed E-state index contributed by atoms with van der Waals surface area (Å²) in [5.41, 5.74) is 0.963. The van der Waals surface area contributed by atoms with E-state index in [0.29, 0.717) is 0 Å². The molecule has 0 aliphatic rings. The van der Waals surface area contributed by atoms with E-state index in [1.807, 2.05) is 12.1 Å². The summed E-state index contributed by atoms with van der Waals surface area (Å²) in [4.78, 5) is 4.31. The second-order valence-corrected chi connectivity index (χ2v) is 3.69. The van der Waals surface area contributed by atoms with Gasteiger partial charge in [-0.05, 0) is 31.5 Å². The van der Waals surface area contributed by atoms with Crippen molar-refractivity contribution in [2.24, 2.45) is 0 Å². The zero-order chi connectivity index (χ0) is 10.4. The molecule has 1 aromatic heterocycles. The monoisotopic (exact) mass is 212 g/mol. The standard InChI is InChI=1S/C11H17ClN2/c1-3-7-13-10(4-2)11-9(12)6-5-8-14-11/h5-6,8,10,13H,3-4,7H2,1-2H3. The van der Waals surface area contributed by atoms with Gasteiger partial charge in [0.15, 0.2) is 0 Å². The van der Waals surface area contributed by atoms with Crippen LogP contribution in [0.5, 0.6) is 0 Å². The number of hydrogen-bond donors (Lipinski definition) is 1. The van der Waals surface area contributed by atoms with Gasteiger partial charge in [-0.1, -0.05) is 25.4 Å². The third-order valence-corrected chi connectivity index (χ3v) is 2.49. The minimum absolute atomic E-state index is 0.281. The molecule has 78 valence electrons. The molecule has 0 aliphatic carbocycles. The quantitative estimate of drug-likeness (QED) is 0.811. The number of pyridine rings is 1. The molecule has 1 atom stereocenters. The Morgan fingerprint density at radius 3 is 2.86 bits per heavy atom. The summed E-state index contributed by atoms with van der Waals surface area (Å²) in [7, 11) is 0. The molecule has 0 spiro atoms. The van der Waals surface area contributed by atoms with Gasteiger partial charge in [0.1, 0.15) is 0 Å². The predicted molar refractivity (Wildman–Crippen MR) is 60.6 cm³/mol. The topological polar surface area (TPSA) is 24.9 Å². The van der Waals surface area contributed by atoms with Crippen molar-refractivity contribution < 1.29 is 0 Å². The fourth-order valence-electron chi connectivity index (χ4n) is 1.41. The lowest BCUT2D eigenvalue weighted by Crippen LogP contribution is -2.22. The first-order chi connectivity index (χ1) is 6.79. The van der Waals surface area contributed by atoms with E-state index in [1.54, 1.807) is 6.20 Å². The van der Waals surface area contributed by atoms with Crippen LogP contribution in [0.3, 0.4) is 0 Å². The Kier molecular flexibility index (Phi) is 4.91. The van der Waals surface area contributed by atoms with Crippen LogP contribution in [0.1, 0.15) is 38.4 Å². The molecule has 3 heteroatoms. The summed E-state index contributed by atoms with van der Waals surface area (Å²) in [5.74, 6) is 0. The Morgan fingerprint density at radius 1 is 1.50 bits per heavy atom. The Morgan fingerprint density at radius 2 is 2.29 bits per heavy atom. The third-order valence-electron chi connectivity index (χ3n) is 2.17. The number of hydrogen-bond acceptors (Lipinski definition) is 2. The molecule has 0 saturated carbocycles. The van der Waals surface area contributed by atoms with Crippen molar-refractivity contribution in [3.63, 3.8) is 0 Å². The number of rotatable bonds is 5. The molecule has 14 heavy (non-hydrogen) atoms. The van der Waals surface area contributed by atoms with Crippen LogP contribution in [-0.4, -0.2) is 11.5 Å². The van der Waals surface area contributed by atoms with Crippen molar-refractivity contribution in [3.8, 4) is 0 Å². The van der Waals surface area contributed by atoms with Crippen molar-refractivity contribution in [1.82, 2.24) is 10.3 Å². The van der Waals surface area contributed by atoms with Crippen molar-refractivity contribution in [2.45, 2.75) is 32.7 Å². The number of halogens is 1. The Hall–Kier alpha value is -0.600. The first kappa shape index (κ1) is 11.5. The molecule has 1 aromatic rings. The second kappa shape index (κ2) is 5.99. The van der Waals surface area contributed by atoms with Crippen LogP contribution < -0.4 is 5.32 Å². The number of nitrogens with one attached hydrogen (secondary N) is 1. The van der Waals surface area contributed by atoms with Crippen molar-refractivity contribution in [1.29, 1.82) is 0 Å². The van der Waals surface area contributed by atoms with E-state index >= 15 is 0 Å². The predicted octanol–water partition coefficient (Wildman–Crippen LogP) is 3.19. The van der Waals surface area contributed by atoms with Gasteiger partial charge in [-0.25, -0.2) is 0 Å². The van der Waals surface area contributed by atoms with Crippen LogP contribution in [0.4, 0.5) is 0 Å². The van der Waals surface area contributed by atoms with E-state index in [4.69, 9.17) is 11.6 Å². The summed E-state index contributed by atoms with van der Waals surface area (Å²) in [6.07, 6.45) is 3.93. The molecule has 1 heterocycles. The summed E-state index contributed by atoms with van der Waals surface area (Å²) in [6.45, 7) is 5.30. The summed E-state index contributed by atoms with van der Waals surface area (Å²) < 4.78 is 0. The van der Waals surface area contributed by atoms with Crippen LogP contribution >= 0.6 is 11.6 Å². The fraction of sp³-hybridized carbons (Fsp3) is 0.545. The average Bonchev–Trinajstić information content (AvgIpc) is 2.21. The van der Waals surface area contributed by atoms with Crippen LogP contribution in [0.25, 0.3) is 0 Å². The van der Waals surface area contributed by atoms with E-state index in [2.05, 4.69) is 24.1 Å². The summed E-state index contributed by atoms with van der Waals surface area (Å²) in [5, 5.41) is 4.18. The van der Waals surface area contributed by atoms with Crippen LogP contribution in [-0.2, 0) is 0 Å². The molecule has 2 nitrogen and oxygen atoms in total. The van der Waals surface area contributed by atoms with E-state index in [0.717, 1.165) is 30.1 Å². The van der Waals surface area contributed by atoms with E-state index in [9.17, 15) is 0 Å². The van der Waals surface area contributed by atoms with Crippen LogP contribution in [0.15, 0.2) is 18.3 Å². The highest BCUT2D eigenvalue weighted by atomic mass is 35.5. The molecule has 0 fully saturated rings. The molecule has 0 aromatic carbocycles. The number of aromatic nitrogens is 1. The third kappa shape index (κ3) is 2.96. The molecule has 0 aliphatic heterocycles. The maximum atomic E-state index is 6.07. The largest absolute Gasteiger partial charge is 0.309 e. The normalized spacial score (nSPS) is 12.8. The van der Waals surface area contributed by atoms with Gasteiger partial charge in [-0.15, -0.1) is 0 Å². The van der Waals surface area contributed by atoms with Gasteiger partial charge in [0.2, 0.25) is 0 Å². The lowest BCUT2D eigenvalue weighted by atomic mass is 10.1. The molecule has 0 bridgehead atoms. The van der Waals surface area contributed by atoms with Crippen molar-refractivity contribution in [3.05, 3.63) is 29.0 Å². The zero-order valence-corrected chi connectivity index (χ0v) is 9.51. The maximum Gasteiger partial charge on any atom is 0.0758 e. The number of nitrogens with zero attached hydrogens (tertiary/aromatic N) is 1. The van der Waals surface area contributed by atoms with Gasteiger partial charge in [0.25, 0.3) is 0 Å². The van der Waals surface area contributed by atoms with Gasteiger partial charge in [-0.2, -0.15) is 0 Å². The SMILES string of the molecule is CCCNC(CC)c1ncccc1Cl. The summed E-state index contributed by atoms with van der Waals surface area (Å²) >= 11 is 6.07. The zero-order valence-electron chi connectivity index (χ0n) is 8.76. The summed E-state index contributed by atoms with van der Waals surface area (Å²) in [6, 6.07) is 4.03. The Bertz CT molecular complexity index is 276. The smallest absolute Gasteiger partial charge is 0.0758 e. The molecule has 1 rings (SSSR count). The van der Waals surface area contributed by atoms with Gasteiger partial charge in [0.05, 0.1) is 16.8 Å². The van der Waals surface area contributed by atoms with Gasteiger partial charge >= 0.3 is 0 Å². The van der Waals surface area contributed by atoms with Gasteiger partial charge < -0.3 is 5.32 Å². The minimum Gasteiger partial charge on any atom is -0.309 e. The molecular formula is C11H17ClN2. The van der Waals surface area contributed by atoms with Gasteiger partial charge in [0, 0.05) is 6.20 Å². The first-order valence-electron chi connectivity index (χ1n) is 5.13. The average molecular weight is 213 g/mol. The molecule has 0 radical (unpaired) electrons. The molecule has 1 unspecified atom stereocenters. The molecule has 0 saturated heterocycles. The van der Waals surface area contributed by atoms with E-state index in [1.165, 1.54) is 0 Å². The molecule has 0 amide bonds. The minimum atomic E-state index is 0.281. The van der Waals surface area contributed by atoms with Crippen LogP contribution in [0, 0.1) is 0 Å². The van der Waals surface area contributed by atoms with E-state index < -0.39 is 0 Å². The molecule has 1 N–H and O–H groups in total. The Labute approximate surface area is 90.7 Å². The fourth-order valence-corrected chi connectivity index (χ4v) is 1.66. The maximum absolute atomic E-state index is 6.07. The molecular weight excluding hydrogens is 196 g/mol. The van der Waals surface area contributed by atoms with E-state index in [-0.39, 0.29) is 6.04 Å². The Balaban J connectivity index is 2.73. The van der Waals surface area contributed by atoms with Crippen molar-refractivity contribution in [2.75, 3.05) is 6.54 Å². The highest BCUT2D eigenvalue weighted by molar-refractivity contribution is 6.31. The highest BCUT2D eigenvalue weighted by Gasteiger charge is 2.12. The second-order valence-electron chi connectivity index (χ2n) is 3.29. The first-order valence-corrected chi connectivity index (χ1v) is 5.51. The highest BCUT2D eigenvalue weighted by Crippen LogP contribution is 2.22. The lowest BCUT2D eigenvalue weighted by molar-refractivity contribution is 0.507.